The highest BCUT2D eigenvalue weighted by molar-refractivity contribution is 6.11. The minimum absolute atomic E-state index is 1.10. The smallest absolute Gasteiger partial charge is 0.0544 e. The van der Waals surface area contributed by atoms with Crippen molar-refractivity contribution in [2.24, 2.45) is 0 Å². The summed E-state index contributed by atoms with van der Waals surface area (Å²) in [6.45, 7) is 0. The number of para-hydroxylation sites is 2. The number of rotatable bonds is 1. The van der Waals surface area contributed by atoms with E-state index in [2.05, 4.69) is 126 Å². The van der Waals surface area contributed by atoms with E-state index in [-0.39, 0.29) is 0 Å². The Hall–Kier alpha value is -4.10. The summed E-state index contributed by atoms with van der Waals surface area (Å²) in [7, 11) is 0. The van der Waals surface area contributed by atoms with Gasteiger partial charge in [0, 0.05) is 21.9 Å². The van der Waals surface area contributed by atoms with Crippen LogP contribution in [0.4, 0.5) is 0 Å². The molecule has 0 fully saturated rings. The van der Waals surface area contributed by atoms with E-state index in [9.17, 15) is 0 Å². The van der Waals surface area contributed by atoms with Crippen molar-refractivity contribution in [3.8, 4) is 22.3 Å². The number of benzene rings is 5. The Morgan fingerprint density at radius 2 is 1.00 bits per heavy atom. The summed E-state index contributed by atoms with van der Waals surface area (Å²) in [6.07, 6.45) is 1.10. The summed E-state index contributed by atoms with van der Waals surface area (Å²) in [5.41, 5.74) is 10.7. The molecule has 0 saturated carbocycles. The minimum atomic E-state index is 1.10. The number of aromatic nitrogens is 1. The van der Waals surface area contributed by atoms with Crippen LogP contribution in [0.15, 0.2) is 121 Å². The van der Waals surface area contributed by atoms with Gasteiger partial charge >= 0.3 is 0 Å². The number of nitrogens with one attached hydrogen (secondary N) is 1. The lowest BCUT2D eigenvalue weighted by molar-refractivity contribution is 1.26. The quantitative estimate of drug-likeness (QED) is 0.281. The van der Waals surface area contributed by atoms with Gasteiger partial charge in [-0.05, 0) is 40.3 Å². The van der Waals surface area contributed by atoms with Crippen molar-refractivity contribution in [1.29, 1.82) is 0 Å². The van der Waals surface area contributed by atoms with Crippen molar-refractivity contribution >= 4 is 21.8 Å². The van der Waals surface area contributed by atoms with Crippen LogP contribution >= 0.6 is 0 Å². The highest BCUT2D eigenvalue weighted by Crippen LogP contribution is 2.36. The standard InChI is InChI=1S/C18H13N.C13H10/c1-2-7-13(8-3-1)14-10-6-11-16-15-9-4-5-12-17(15)19-18(14)16;1-3-7-12-10(5-1)9-11-6-2-4-8-13(11)12/h1-12,19H;1-8H,9H2. The number of fused-ring (bicyclic) bond motifs is 6. The third kappa shape index (κ3) is 3.19. The first-order valence-electron chi connectivity index (χ1n) is 11.1. The molecule has 0 saturated heterocycles. The SMILES string of the molecule is c1ccc(-c2cccc3c2[nH]c2ccccc23)cc1.c1ccc2c(c1)Cc1ccccc1-2. The van der Waals surface area contributed by atoms with Crippen LogP contribution in [-0.2, 0) is 6.42 Å². The summed E-state index contributed by atoms with van der Waals surface area (Å²) < 4.78 is 0. The van der Waals surface area contributed by atoms with Gasteiger partial charge in [-0.2, -0.15) is 0 Å². The van der Waals surface area contributed by atoms with Gasteiger partial charge in [0.25, 0.3) is 0 Å². The zero-order valence-electron chi connectivity index (χ0n) is 17.8. The number of aromatic amines is 1. The third-order valence-corrected chi connectivity index (χ3v) is 6.33. The van der Waals surface area contributed by atoms with Crippen LogP contribution in [0.2, 0.25) is 0 Å². The maximum atomic E-state index is 3.55. The fraction of sp³-hybridized carbons (Fsp3) is 0.0323. The molecule has 7 rings (SSSR count). The fourth-order valence-corrected chi connectivity index (χ4v) is 4.81. The normalized spacial score (nSPS) is 11.6. The molecular formula is C31H23N. The Kier molecular flexibility index (Phi) is 4.58. The van der Waals surface area contributed by atoms with Crippen molar-refractivity contribution in [1.82, 2.24) is 4.98 Å². The molecule has 0 atom stereocenters. The van der Waals surface area contributed by atoms with Crippen molar-refractivity contribution in [3.63, 3.8) is 0 Å². The molecule has 32 heavy (non-hydrogen) atoms. The zero-order valence-corrected chi connectivity index (χ0v) is 17.8. The number of hydrogen-bond acceptors (Lipinski definition) is 0. The van der Waals surface area contributed by atoms with E-state index >= 15 is 0 Å². The van der Waals surface area contributed by atoms with Crippen LogP contribution in [0.3, 0.4) is 0 Å². The van der Waals surface area contributed by atoms with Crippen molar-refractivity contribution in [2.75, 3.05) is 0 Å². The predicted molar refractivity (Wildman–Crippen MR) is 136 cm³/mol. The first-order chi connectivity index (χ1) is 15.9. The number of hydrogen-bond donors (Lipinski definition) is 1. The van der Waals surface area contributed by atoms with E-state index in [1.54, 1.807) is 0 Å². The monoisotopic (exact) mass is 409 g/mol. The molecule has 5 aromatic carbocycles. The highest BCUT2D eigenvalue weighted by Gasteiger charge is 2.15. The highest BCUT2D eigenvalue weighted by atomic mass is 14.7. The van der Waals surface area contributed by atoms with Gasteiger partial charge in [0.05, 0.1) is 5.52 Å². The molecule has 0 unspecified atom stereocenters. The molecular weight excluding hydrogens is 386 g/mol. The van der Waals surface area contributed by atoms with E-state index in [0.29, 0.717) is 0 Å². The van der Waals surface area contributed by atoms with Gasteiger partial charge in [-0.1, -0.05) is 115 Å². The molecule has 1 heteroatoms. The summed E-state index contributed by atoms with van der Waals surface area (Å²) in [5, 5.41) is 2.58. The van der Waals surface area contributed by atoms with Crippen molar-refractivity contribution in [3.05, 3.63) is 132 Å². The molecule has 0 bridgehead atoms. The second kappa shape index (κ2) is 7.86. The molecule has 1 nitrogen and oxygen atoms in total. The third-order valence-electron chi connectivity index (χ3n) is 6.33. The topological polar surface area (TPSA) is 15.8 Å². The van der Waals surface area contributed by atoms with Crippen molar-refractivity contribution in [2.45, 2.75) is 6.42 Å². The molecule has 0 aliphatic heterocycles. The molecule has 0 spiro atoms. The van der Waals surface area contributed by atoms with E-state index in [0.717, 1.165) is 6.42 Å². The molecule has 1 heterocycles. The van der Waals surface area contributed by atoms with Crippen LogP contribution in [0.5, 0.6) is 0 Å². The molecule has 152 valence electrons. The van der Waals surface area contributed by atoms with Gasteiger partial charge in [0.15, 0.2) is 0 Å². The lowest BCUT2D eigenvalue weighted by Gasteiger charge is -2.03. The second-order valence-electron chi connectivity index (χ2n) is 8.26. The molecule has 1 aliphatic rings. The Morgan fingerprint density at radius 1 is 0.438 bits per heavy atom. The molecule has 6 aromatic rings. The summed E-state index contributed by atoms with van der Waals surface area (Å²) >= 11 is 0. The van der Waals surface area contributed by atoms with Crippen LogP contribution in [0.25, 0.3) is 44.1 Å². The van der Waals surface area contributed by atoms with Crippen LogP contribution in [0, 0.1) is 0 Å². The Balaban J connectivity index is 0.000000131. The molecule has 0 amide bonds. The van der Waals surface area contributed by atoms with Gasteiger partial charge < -0.3 is 4.98 Å². The molecule has 1 N–H and O–H groups in total. The van der Waals surface area contributed by atoms with E-state index in [1.165, 1.54) is 55.2 Å². The van der Waals surface area contributed by atoms with Crippen LogP contribution < -0.4 is 0 Å². The second-order valence-corrected chi connectivity index (χ2v) is 8.26. The first-order valence-corrected chi connectivity index (χ1v) is 11.1. The zero-order chi connectivity index (χ0) is 21.3. The average Bonchev–Trinajstić information content (AvgIpc) is 3.43. The predicted octanol–water partition coefficient (Wildman–Crippen LogP) is 8.25. The molecule has 1 aromatic heterocycles. The largest absolute Gasteiger partial charge is 0.354 e. The fourth-order valence-electron chi connectivity index (χ4n) is 4.81. The lowest BCUT2D eigenvalue weighted by atomic mass is 10.0. The van der Waals surface area contributed by atoms with Gasteiger partial charge in [0.1, 0.15) is 0 Å². The minimum Gasteiger partial charge on any atom is -0.354 e. The summed E-state index contributed by atoms with van der Waals surface area (Å²) in [6, 6.07) is 42.8. The lowest BCUT2D eigenvalue weighted by Crippen LogP contribution is -1.79. The Bertz CT molecular complexity index is 1500. The van der Waals surface area contributed by atoms with Gasteiger partial charge in [0.2, 0.25) is 0 Å². The maximum Gasteiger partial charge on any atom is 0.0544 e. The van der Waals surface area contributed by atoms with E-state index in [4.69, 9.17) is 0 Å². The first kappa shape index (κ1) is 18.7. The summed E-state index contributed by atoms with van der Waals surface area (Å²) in [4.78, 5) is 3.55. The Labute approximate surface area is 188 Å². The number of H-pyrrole nitrogens is 1. The van der Waals surface area contributed by atoms with Gasteiger partial charge in [-0.3, -0.25) is 0 Å². The van der Waals surface area contributed by atoms with Crippen molar-refractivity contribution < 1.29 is 0 Å². The van der Waals surface area contributed by atoms with Crippen LogP contribution in [0.1, 0.15) is 11.1 Å². The van der Waals surface area contributed by atoms with E-state index in [1.807, 2.05) is 0 Å². The van der Waals surface area contributed by atoms with E-state index < -0.39 is 0 Å². The van der Waals surface area contributed by atoms with Gasteiger partial charge in [-0.25, -0.2) is 0 Å². The van der Waals surface area contributed by atoms with Crippen LogP contribution in [-0.4, -0.2) is 4.98 Å². The molecule has 0 radical (unpaired) electrons. The Morgan fingerprint density at radius 3 is 1.75 bits per heavy atom. The van der Waals surface area contributed by atoms with Gasteiger partial charge in [-0.15, -0.1) is 0 Å². The molecule has 1 aliphatic carbocycles. The maximum absolute atomic E-state index is 3.55. The average molecular weight is 410 g/mol. The summed E-state index contributed by atoms with van der Waals surface area (Å²) in [5.74, 6) is 0.